The lowest BCUT2D eigenvalue weighted by Gasteiger charge is -2.12. The van der Waals surface area contributed by atoms with Crippen molar-refractivity contribution in [3.05, 3.63) is 23.8 Å². The van der Waals surface area contributed by atoms with Crippen LogP contribution in [-0.2, 0) is 0 Å². The summed E-state index contributed by atoms with van der Waals surface area (Å²) in [5, 5.41) is 2.99. The largest absolute Gasteiger partial charge is 0.497 e. The second kappa shape index (κ2) is 6.45. The molecule has 0 aromatic heterocycles. The van der Waals surface area contributed by atoms with Gasteiger partial charge in [0.25, 0.3) is 5.91 Å². The van der Waals surface area contributed by atoms with Crippen LogP contribution in [0.15, 0.2) is 18.2 Å². The molecule has 19 heavy (non-hydrogen) atoms. The molecule has 0 radical (unpaired) electrons. The predicted octanol–water partition coefficient (Wildman–Crippen LogP) is 2.62. The van der Waals surface area contributed by atoms with E-state index in [2.05, 4.69) is 5.32 Å². The van der Waals surface area contributed by atoms with Crippen LogP contribution in [0.25, 0.3) is 0 Å². The molecule has 1 fully saturated rings. The highest BCUT2D eigenvalue weighted by atomic mass is 16.5. The number of carbonyl (C=O) groups is 1. The molecule has 0 heterocycles. The van der Waals surface area contributed by atoms with Crippen molar-refractivity contribution in [1.29, 1.82) is 0 Å². The van der Waals surface area contributed by atoms with Crippen molar-refractivity contribution in [3.8, 4) is 11.5 Å². The van der Waals surface area contributed by atoms with Gasteiger partial charge in [-0.05, 0) is 30.9 Å². The zero-order valence-electron chi connectivity index (χ0n) is 11.6. The van der Waals surface area contributed by atoms with Crippen LogP contribution in [0, 0.1) is 5.92 Å². The van der Waals surface area contributed by atoms with E-state index in [4.69, 9.17) is 9.47 Å². The number of nitrogens with one attached hydrogen (secondary N) is 1. The van der Waals surface area contributed by atoms with Gasteiger partial charge in [-0.25, -0.2) is 0 Å². The number of carbonyl (C=O) groups excluding carboxylic acids is 1. The Labute approximate surface area is 114 Å². The molecule has 0 atom stereocenters. The van der Waals surface area contributed by atoms with Crippen molar-refractivity contribution in [3.63, 3.8) is 0 Å². The van der Waals surface area contributed by atoms with Gasteiger partial charge in [0.15, 0.2) is 0 Å². The van der Waals surface area contributed by atoms with E-state index in [1.165, 1.54) is 25.7 Å². The van der Waals surface area contributed by atoms with E-state index in [1.54, 1.807) is 32.4 Å². The van der Waals surface area contributed by atoms with Gasteiger partial charge in [-0.2, -0.15) is 0 Å². The molecule has 0 saturated heterocycles. The molecule has 4 heteroatoms. The highest BCUT2D eigenvalue weighted by Crippen LogP contribution is 2.25. The molecule has 1 amide bonds. The summed E-state index contributed by atoms with van der Waals surface area (Å²) in [5.74, 6) is 1.83. The summed E-state index contributed by atoms with van der Waals surface area (Å²) in [7, 11) is 3.16. The maximum atomic E-state index is 12.1. The number of methoxy groups -OCH3 is 2. The summed E-state index contributed by atoms with van der Waals surface area (Å²) in [6.07, 6.45) is 5.02. The summed E-state index contributed by atoms with van der Waals surface area (Å²) >= 11 is 0. The first-order chi connectivity index (χ1) is 9.22. The fourth-order valence-electron chi connectivity index (χ4n) is 2.49. The fraction of sp³-hybridized carbons (Fsp3) is 0.533. The zero-order chi connectivity index (χ0) is 13.7. The van der Waals surface area contributed by atoms with Crippen LogP contribution in [0.4, 0.5) is 0 Å². The molecule has 0 unspecified atom stereocenters. The minimum atomic E-state index is -0.0656. The SMILES string of the molecule is COc1cc(OC)cc(C(=O)NCC2CCCC2)c1. The van der Waals surface area contributed by atoms with Crippen LogP contribution in [0.2, 0.25) is 0 Å². The Morgan fingerprint density at radius 3 is 2.26 bits per heavy atom. The number of benzene rings is 1. The molecule has 0 spiro atoms. The summed E-state index contributed by atoms with van der Waals surface area (Å²) in [4.78, 5) is 12.1. The number of ether oxygens (including phenoxy) is 2. The van der Waals surface area contributed by atoms with Crippen molar-refractivity contribution in [2.45, 2.75) is 25.7 Å². The molecule has 1 aliphatic carbocycles. The Morgan fingerprint density at radius 1 is 1.16 bits per heavy atom. The standard InChI is InChI=1S/C15H21NO3/c1-18-13-7-12(8-14(9-13)19-2)15(17)16-10-11-5-3-4-6-11/h7-9,11H,3-6,10H2,1-2H3,(H,16,17). The molecule has 1 N–H and O–H groups in total. The molecule has 2 rings (SSSR count). The van der Waals surface area contributed by atoms with E-state index in [1.807, 2.05) is 0 Å². The van der Waals surface area contributed by atoms with Gasteiger partial charge in [-0.3, -0.25) is 4.79 Å². The van der Waals surface area contributed by atoms with Gasteiger partial charge < -0.3 is 14.8 Å². The van der Waals surface area contributed by atoms with Gasteiger partial charge in [0.05, 0.1) is 14.2 Å². The summed E-state index contributed by atoms with van der Waals surface area (Å²) in [5.41, 5.74) is 0.578. The van der Waals surface area contributed by atoms with Crippen molar-refractivity contribution < 1.29 is 14.3 Å². The average molecular weight is 263 g/mol. The van der Waals surface area contributed by atoms with E-state index in [0.717, 1.165) is 6.54 Å². The molecule has 0 aliphatic heterocycles. The quantitative estimate of drug-likeness (QED) is 0.888. The number of rotatable bonds is 5. The minimum absolute atomic E-state index is 0.0656. The number of amides is 1. The maximum Gasteiger partial charge on any atom is 0.251 e. The molecule has 1 aromatic rings. The normalized spacial score (nSPS) is 15.3. The Morgan fingerprint density at radius 2 is 1.74 bits per heavy atom. The van der Waals surface area contributed by atoms with Crippen LogP contribution in [0.5, 0.6) is 11.5 Å². The lowest BCUT2D eigenvalue weighted by Crippen LogP contribution is -2.28. The number of hydrogen-bond acceptors (Lipinski definition) is 3. The Bertz CT molecular complexity index is 417. The monoisotopic (exact) mass is 263 g/mol. The van der Waals surface area contributed by atoms with E-state index in [-0.39, 0.29) is 5.91 Å². The molecule has 1 saturated carbocycles. The van der Waals surface area contributed by atoms with Gasteiger partial charge in [0.1, 0.15) is 11.5 Å². The van der Waals surface area contributed by atoms with Crippen molar-refractivity contribution in [1.82, 2.24) is 5.32 Å². The molecule has 1 aromatic carbocycles. The molecule has 4 nitrogen and oxygen atoms in total. The van der Waals surface area contributed by atoms with Crippen molar-refractivity contribution in [2.24, 2.45) is 5.92 Å². The van der Waals surface area contributed by atoms with Crippen LogP contribution < -0.4 is 14.8 Å². The third-order valence-corrected chi connectivity index (χ3v) is 3.64. The third-order valence-electron chi connectivity index (χ3n) is 3.64. The van der Waals surface area contributed by atoms with E-state index in [0.29, 0.717) is 23.0 Å². The highest BCUT2D eigenvalue weighted by molar-refractivity contribution is 5.95. The topological polar surface area (TPSA) is 47.6 Å². The van der Waals surface area contributed by atoms with E-state index in [9.17, 15) is 4.79 Å². The van der Waals surface area contributed by atoms with Crippen LogP contribution >= 0.6 is 0 Å². The Hall–Kier alpha value is -1.71. The smallest absolute Gasteiger partial charge is 0.251 e. The highest BCUT2D eigenvalue weighted by Gasteiger charge is 2.16. The summed E-state index contributed by atoms with van der Waals surface area (Å²) in [6.45, 7) is 0.762. The molecule has 0 bridgehead atoms. The van der Waals surface area contributed by atoms with Gasteiger partial charge in [0, 0.05) is 18.2 Å². The van der Waals surface area contributed by atoms with Crippen molar-refractivity contribution in [2.75, 3.05) is 20.8 Å². The summed E-state index contributed by atoms with van der Waals surface area (Å²) in [6, 6.07) is 5.22. The van der Waals surface area contributed by atoms with Gasteiger partial charge in [0.2, 0.25) is 0 Å². The fourth-order valence-corrected chi connectivity index (χ4v) is 2.49. The zero-order valence-corrected chi connectivity index (χ0v) is 11.6. The summed E-state index contributed by atoms with van der Waals surface area (Å²) < 4.78 is 10.3. The molecular formula is C15H21NO3. The van der Waals surface area contributed by atoms with Crippen LogP contribution in [-0.4, -0.2) is 26.7 Å². The van der Waals surface area contributed by atoms with Crippen LogP contribution in [0.3, 0.4) is 0 Å². The molecular weight excluding hydrogens is 242 g/mol. The first-order valence-corrected chi connectivity index (χ1v) is 6.74. The van der Waals surface area contributed by atoms with E-state index >= 15 is 0 Å². The maximum absolute atomic E-state index is 12.1. The first kappa shape index (κ1) is 13.7. The Balaban J connectivity index is 2.00. The van der Waals surface area contributed by atoms with Crippen LogP contribution in [0.1, 0.15) is 36.0 Å². The lowest BCUT2D eigenvalue weighted by atomic mass is 10.1. The lowest BCUT2D eigenvalue weighted by molar-refractivity contribution is 0.0946. The van der Waals surface area contributed by atoms with Crippen molar-refractivity contribution >= 4 is 5.91 Å². The minimum Gasteiger partial charge on any atom is -0.497 e. The third kappa shape index (κ3) is 3.63. The molecule has 104 valence electrons. The molecule has 1 aliphatic rings. The second-order valence-electron chi connectivity index (χ2n) is 4.96. The van der Waals surface area contributed by atoms with Gasteiger partial charge in [-0.15, -0.1) is 0 Å². The van der Waals surface area contributed by atoms with Gasteiger partial charge >= 0.3 is 0 Å². The van der Waals surface area contributed by atoms with E-state index < -0.39 is 0 Å². The second-order valence-corrected chi connectivity index (χ2v) is 4.96. The number of hydrogen-bond donors (Lipinski definition) is 1. The Kier molecular flexibility index (Phi) is 4.66. The first-order valence-electron chi connectivity index (χ1n) is 6.74. The van der Waals surface area contributed by atoms with Gasteiger partial charge in [-0.1, -0.05) is 12.8 Å². The predicted molar refractivity (Wildman–Crippen MR) is 73.8 cm³/mol. The average Bonchev–Trinajstić information content (AvgIpc) is 2.97.